The van der Waals surface area contributed by atoms with Gasteiger partial charge < -0.3 is 4.42 Å². The molecular weight excluding hydrogens is 252 g/mol. The lowest BCUT2D eigenvalue weighted by atomic mass is 10.1. The third kappa shape index (κ3) is 1.98. The fraction of sp³-hybridized carbons (Fsp3) is 0. The molecule has 2 rings (SSSR count). The van der Waals surface area contributed by atoms with Crippen molar-refractivity contribution in [1.29, 1.82) is 10.5 Å². The first-order valence-corrected chi connectivity index (χ1v) is 5.28. The molecule has 2 aromatic rings. The van der Waals surface area contributed by atoms with E-state index in [1.54, 1.807) is 36.4 Å². The molecule has 0 fully saturated rings. The van der Waals surface area contributed by atoms with Crippen LogP contribution in [0.2, 0.25) is 5.02 Å². The zero-order valence-electron chi connectivity index (χ0n) is 8.98. The van der Waals surface area contributed by atoms with Crippen LogP contribution in [-0.2, 0) is 0 Å². The average molecular weight is 257 g/mol. The van der Waals surface area contributed by atoms with Gasteiger partial charge in [0.05, 0.1) is 10.6 Å². The van der Waals surface area contributed by atoms with Gasteiger partial charge in [0.1, 0.15) is 23.3 Å². The maximum absolute atomic E-state index is 11.7. The molecule has 86 valence electrons. The van der Waals surface area contributed by atoms with E-state index in [1.165, 1.54) is 0 Å². The van der Waals surface area contributed by atoms with Gasteiger partial charge in [0, 0.05) is 5.39 Å². The van der Waals surface area contributed by atoms with Gasteiger partial charge in [-0.3, -0.25) is 0 Å². The maximum atomic E-state index is 11.7. The Kier molecular flexibility index (Phi) is 3.14. The van der Waals surface area contributed by atoms with E-state index in [2.05, 4.69) is 0 Å². The van der Waals surface area contributed by atoms with Crippen molar-refractivity contribution in [2.75, 3.05) is 0 Å². The van der Waals surface area contributed by atoms with Gasteiger partial charge in [-0.05, 0) is 18.2 Å². The molecule has 0 saturated carbocycles. The number of para-hydroxylation sites is 1. The lowest BCUT2D eigenvalue weighted by Crippen LogP contribution is -2.04. The molecule has 0 N–H and O–H groups in total. The Labute approximate surface area is 107 Å². The standard InChI is InChI=1S/C13H5ClN2O2/c14-12-9-3-1-2-4-11(9)18-13(17)10(12)5-8(6-15)7-16/h1-5H. The van der Waals surface area contributed by atoms with Crippen molar-refractivity contribution in [1.82, 2.24) is 0 Å². The summed E-state index contributed by atoms with van der Waals surface area (Å²) in [5, 5.41) is 18.1. The van der Waals surface area contributed by atoms with Gasteiger partial charge in [-0.15, -0.1) is 0 Å². The monoisotopic (exact) mass is 256 g/mol. The Hall–Kier alpha value is -2.56. The summed E-state index contributed by atoms with van der Waals surface area (Å²) in [5.41, 5.74) is -0.519. The van der Waals surface area contributed by atoms with Crippen LogP contribution in [0.4, 0.5) is 0 Å². The fourth-order valence-electron chi connectivity index (χ4n) is 1.48. The normalized spacial score (nSPS) is 9.50. The second-order valence-electron chi connectivity index (χ2n) is 3.39. The van der Waals surface area contributed by atoms with Crippen molar-refractivity contribution in [2.24, 2.45) is 0 Å². The Balaban J connectivity index is 2.82. The third-order valence-electron chi connectivity index (χ3n) is 2.31. The van der Waals surface area contributed by atoms with Gasteiger partial charge in [-0.2, -0.15) is 10.5 Å². The van der Waals surface area contributed by atoms with Crippen LogP contribution in [0.3, 0.4) is 0 Å². The molecule has 0 aliphatic rings. The number of nitriles is 2. The van der Waals surface area contributed by atoms with E-state index in [-0.39, 0.29) is 16.2 Å². The molecule has 0 spiro atoms. The van der Waals surface area contributed by atoms with Crippen molar-refractivity contribution in [3.63, 3.8) is 0 Å². The Morgan fingerprint density at radius 3 is 2.61 bits per heavy atom. The lowest BCUT2D eigenvalue weighted by molar-refractivity contribution is 0.559. The van der Waals surface area contributed by atoms with Crippen LogP contribution in [0.1, 0.15) is 5.56 Å². The molecular formula is C13H5ClN2O2. The zero-order chi connectivity index (χ0) is 13.1. The third-order valence-corrected chi connectivity index (χ3v) is 2.72. The maximum Gasteiger partial charge on any atom is 0.345 e. The minimum absolute atomic E-state index is 0.00784. The second-order valence-corrected chi connectivity index (χ2v) is 3.77. The van der Waals surface area contributed by atoms with Crippen molar-refractivity contribution in [3.05, 3.63) is 50.8 Å². The summed E-state index contributed by atoms with van der Waals surface area (Å²) in [6.07, 6.45) is 1.13. The molecule has 0 unspecified atom stereocenters. The zero-order valence-corrected chi connectivity index (χ0v) is 9.73. The van der Waals surface area contributed by atoms with E-state index in [0.29, 0.717) is 11.0 Å². The number of halogens is 1. The number of rotatable bonds is 1. The van der Waals surface area contributed by atoms with Crippen molar-refractivity contribution in [3.8, 4) is 12.1 Å². The number of hydrogen-bond donors (Lipinski definition) is 0. The summed E-state index contributed by atoms with van der Waals surface area (Å²) in [6.45, 7) is 0. The van der Waals surface area contributed by atoms with Crippen LogP contribution in [0.25, 0.3) is 17.0 Å². The molecule has 1 heterocycles. The van der Waals surface area contributed by atoms with Crippen molar-refractivity contribution >= 4 is 28.6 Å². The first-order valence-electron chi connectivity index (χ1n) is 4.90. The number of nitrogens with zero attached hydrogens (tertiary/aromatic N) is 2. The second kappa shape index (κ2) is 4.75. The van der Waals surface area contributed by atoms with E-state index in [0.717, 1.165) is 6.08 Å². The summed E-state index contributed by atoms with van der Waals surface area (Å²) >= 11 is 6.08. The minimum Gasteiger partial charge on any atom is -0.422 e. The number of allylic oxidation sites excluding steroid dienone is 1. The molecule has 0 amide bonds. The summed E-state index contributed by atoms with van der Waals surface area (Å²) in [6, 6.07) is 10.1. The molecule has 0 saturated heterocycles. The SMILES string of the molecule is N#CC(C#N)=Cc1c(Cl)c2ccccc2oc1=O. The lowest BCUT2D eigenvalue weighted by Gasteiger charge is -2.01. The Bertz CT molecular complexity index is 775. The molecule has 0 atom stereocenters. The highest BCUT2D eigenvalue weighted by molar-refractivity contribution is 6.36. The van der Waals surface area contributed by atoms with Crippen LogP contribution in [0.15, 0.2) is 39.1 Å². The van der Waals surface area contributed by atoms with E-state index >= 15 is 0 Å². The van der Waals surface area contributed by atoms with Crippen LogP contribution < -0.4 is 5.63 Å². The number of benzene rings is 1. The molecule has 5 heteroatoms. The molecule has 18 heavy (non-hydrogen) atoms. The fourth-order valence-corrected chi connectivity index (χ4v) is 1.77. The first-order chi connectivity index (χ1) is 8.67. The van der Waals surface area contributed by atoms with Gasteiger partial charge in [0.2, 0.25) is 0 Å². The van der Waals surface area contributed by atoms with Gasteiger partial charge in [-0.1, -0.05) is 23.7 Å². The molecule has 0 bridgehead atoms. The van der Waals surface area contributed by atoms with E-state index < -0.39 is 5.63 Å². The smallest absolute Gasteiger partial charge is 0.345 e. The average Bonchev–Trinajstić information content (AvgIpc) is 2.39. The predicted molar refractivity (Wildman–Crippen MR) is 66.7 cm³/mol. The van der Waals surface area contributed by atoms with E-state index in [9.17, 15) is 4.79 Å². The first kappa shape index (κ1) is 11.9. The highest BCUT2D eigenvalue weighted by Gasteiger charge is 2.11. The van der Waals surface area contributed by atoms with Gasteiger partial charge in [0.25, 0.3) is 0 Å². The van der Waals surface area contributed by atoms with Crippen molar-refractivity contribution in [2.45, 2.75) is 0 Å². The van der Waals surface area contributed by atoms with Gasteiger partial charge in [-0.25, -0.2) is 4.79 Å². The number of hydrogen-bond acceptors (Lipinski definition) is 4. The summed E-state index contributed by atoms with van der Waals surface area (Å²) in [7, 11) is 0. The highest BCUT2D eigenvalue weighted by Crippen LogP contribution is 2.25. The van der Waals surface area contributed by atoms with Crippen LogP contribution in [0, 0.1) is 22.7 Å². The van der Waals surface area contributed by atoms with Gasteiger partial charge >= 0.3 is 5.63 Å². The van der Waals surface area contributed by atoms with Crippen molar-refractivity contribution < 1.29 is 4.42 Å². The molecule has 1 aromatic heterocycles. The molecule has 1 aromatic carbocycles. The van der Waals surface area contributed by atoms with Gasteiger partial charge in [0.15, 0.2) is 0 Å². The molecule has 0 radical (unpaired) electrons. The molecule has 4 nitrogen and oxygen atoms in total. The predicted octanol–water partition coefficient (Wildman–Crippen LogP) is 2.88. The highest BCUT2D eigenvalue weighted by atomic mass is 35.5. The quantitative estimate of drug-likeness (QED) is 0.580. The Morgan fingerprint density at radius 2 is 1.94 bits per heavy atom. The summed E-state index contributed by atoms with van der Waals surface area (Å²) in [5.74, 6) is 0. The largest absolute Gasteiger partial charge is 0.422 e. The van der Waals surface area contributed by atoms with Crippen LogP contribution in [-0.4, -0.2) is 0 Å². The summed E-state index contributed by atoms with van der Waals surface area (Å²) in [4.78, 5) is 11.7. The number of fused-ring (bicyclic) bond motifs is 1. The minimum atomic E-state index is -0.679. The summed E-state index contributed by atoms with van der Waals surface area (Å²) < 4.78 is 5.06. The molecule has 0 aliphatic carbocycles. The topological polar surface area (TPSA) is 77.8 Å². The van der Waals surface area contributed by atoms with Crippen LogP contribution >= 0.6 is 11.6 Å². The Morgan fingerprint density at radius 1 is 1.28 bits per heavy atom. The van der Waals surface area contributed by atoms with E-state index in [4.69, 9.17) is 26.5 Å². The van der Waals surface area contributed by atoms with Crippen LogP contribution in [0.5, 0.6) is 0 Å². The van der Waals surface area contributed by atoms with E-state index in [1.807, 2.05) is 0 Å². The molecule has 0 aliphatic heterocycles.